The van der Waals surface area contributed by atoms with Crippen molar-refractivity contribution in [2.24, 2.45) is 0 Å². The van der Waals surface area contributed by atoms with Crippen LogP contribution in [0.2, 0.25) is 5.02 Å². The molecule has 1 aromatic rings. The molecule has 4 nitrogen and oxygen atoms in total. The van der Waals surface area contributed by atoms with Crippen LogP contribution in [-0.4, -0.2) is 13.7 Å². The van der Waals surface area contributed by atoms with Gasteiger partial charge in [-0.05, 0) is 31.0 Å². The highest BCUT2D eigenvalue weighted by atomic mass is 35.5. The van der Waals surface area contributed by atoms with E-state index in [0.29, 0.717) is 24.1 Å². The minimum atomic E-state index is -3.34. The highest BCUT2D eigenvalue weighted by molar-refractivity contribution is 7.93. The Hall–Kier alpha value is -1.25. The number of hydrogen-bond acceptors (Lipinski definition) is 3. The van der Waals surface area contributed by atoms with Gasteiger partial charge in [0.25, 0.3) is 0 Å². The molecule has 0 radical (unpaired) electrons. The van der Waals surface area contributed by atoms with Gasteiger partial charge in [0.15, 0.2) is 0 Å². The molecule has 0 amide bonds. The quantitative estimate of drug-likeness (QED) is 0.928. The van der Waals surface area contributed by atoms with Crippen LogP contribution in [0.25, 0.3) is 0 Å². The van der Waals surface area contributed by atoms with E-state index >= 15 is 0 Å². The fraction of sp³-hybridized carbons (Fsp3) is 0.417. The molecule has 1 saturated carbocycles. The molecule has 1 aromatic carbocycles. The van der Waals surface area contributed by atoms with Gasteiger partial charge in [-0.25, -0.2) is 8.42 Å². The monoisotopic (exact) mass is 284 g/mol. The second-order valence-corrected chi connectivity index (χ2v) is 6.73. The second kappa shape index (κ2) is 5.17. The van der Waals surface area contributed by atoms with E-state index in [1.807, 2.05) is 6.07 Å². The first-order chi connectivity index (χ1) is 8.53. The first kappa shape index (κ1) is 13.2. The van der Waals surface area contributed by atoms with Gasteiger partial charge < -0.3 is 0 Å². The predicted octanol–water partition coefficient (Wildman–Crippen LogP) is 2.90. The summed E-state index contributed by atoms with van der Waals surface area (Å²) in [6.07, 6.45) is 3.33. The summed E-state index contributed by atoms with van der Waals surface area (Å²) in [5.41, 5.74) is 0.742. The number of hydrogen-bond donors (Lipinski definition) is 1. The molecule has 2 rings (SSSR count). The summed E-state index contributed by atoms with van der Waals surface area (Å²) in [6.45, 7) is 0. The van der Waals surface area contributed by atoms with Gasteiger partial charge in [0.2, 0.25) is 10.0 Å². The minimum absolute atomic E-state index is 0.254. The Bertz CT molecular complexity index is 587. The highest BCUT2D eigenvalue weighted by Gasteiger charge is 2.28. The third-order valence-corrected chi connectivity index (χ3v) is 5.27. The summed E-state index contributed by atoms with van der Waals surface area (Å²) >= 11 is 5.86. The van der Waals surface area contributed by atoms with Crippen molar-refractivity contribution in [2.45, 2.75) is 30.9 Å². The zero-order valence-electron chi connectivity index (χ0n) is 9.69. The first-order valence-electron chi connectivity index (χ1n) is 5.74. The van der Waals surface area contributed by atoms with E-state index in [0.717, 1.165) is 12.8 Å². The summed E-state index contributed by atoms with van der Waals surface area (Å²) in [6, 6.07) is 6.46. The maximum Gasteiger partial charge on any atom is 0.235 e. The molecule has 6 heteroatoms. The van der Waals surface area contributed by atoms with Crippen molar-refractivity contribution in [3.63, 3.8) is 0 Å². The molecule has 1 aliphatic carbocycles. The van der Waals surface area contributed by atoms with E-state index < -0.39 is 10.0 Å². The molecule has 1 N–H and O–H groups in total. The van der Waals surface area contributed by atoms with Crippen molar-refractivity contribution < 1.29 is 8.42 Å². The second-order valence-electron chi connectivity index (χ2n) is 4.36. The van der Waals surface area contributed by atoms with Crippen molar-refractivity contribution in [3.8, 4) is 6.07 Å². The average Bonchev–Trinajstić information content (AvgIpc) is 2.82. The molecule has 1 aliphatic rings. The van der Waals surface area contributed by atoms with E-state index in [1.54, 1.807) is 6.07 Å². The maximum atomic E-state index is 12.0. The average molecular weight is 285 g/mol. The molecule has 1 fully saturated rings. The molecule has 0 saturated heterocycles. The zero-order chi connectivity index (χ0) is 13.2. The Morgan fingerprint density at radius 1 is 1.33 bits per heavy atom. The molecular weight excluding hydrogens is 272 g/mol. The summed E-state index contributed by atoms with van der Waals surface area (Å²) < 4.78 is 26.6. The van der Waals surface area contributed by atoms with E-state index in [9.17, 15) is 8.42 Å². The third kappa shape index (κ3) is 2.77. The van der Waals surface area contributed by atoms with Crippen LogP contribution in [0.4, 0.5) is 5.69 Å². The van der Waals surface area contributed by atoms with Crippen LogP contribution in [0, 0.1) is 11.3 Å². The van der Waals surface area contributed by atoms with Crippen LogP contribution < -0.4 is 4.72 Å². The molecule has 0 bridgehead atoms. The lowest BCUT2D eigenvalue weighted by Gasteiger charge is -2.13. The van der Waals surface area contributed by atoms with Gasteiger partial charge in [-0.2, -0.15) is 5.26 Å². The SMILES string of the molecule is N#Cc1ccc(NS(=O)(=O)C2CCCC2)cc1Cl. The molecular formula is C12H13ClN2O2S. The zero-order valence-corrected chi connectivity index (χ0v) is 11.3. The van der Waals surface area contributed by atoms with E-state index in [4.69, 9.17) is 16.9 Å². The van der Waals surface area contributed by atoms with E-state index in [2.05, 4.69) is 4.72 Å². The van der Waals surface area contributed by atoms with Gasteiger partial charge in [0.1, 0.15) is 6.07 Å². The van der Waals surface area contributed by atoms with Gasteiger partial charge in [0.05, 0.1) is 21.5 Å². The van der Waals surface area contributed by atoms with Crippen molar-refractivity contribution in [1.29, 1.82) is 5.26 Å². The van der Waals surface area contributed by atoms with Crippen LogP contribution >= 0.6 is 11.6 Å². The number of sulfonamides is 1. The lowest BCUT2D eigenvalue weighted by molar-refractivity contribution is 0.585. The van der Waals surface area contributed by atoms with Gasteiger partial charge >= 0.3 is 0 Å². The normalized spacial score (nSPS) is 16.4. The number of nitrogens with zero attached hydrogens (tertiary/aromatic N) is 1. The first-order valence-corrected chi connectivity index (χ1v) is 7.66. The standard InChI is InChI=1S/C12H13ClN2O2S/c13-12-7-10(6-5-9(12)8-14)15-18(16,17)11-3-1-2-4-11/h5-7,11,15H,1-4H2. The Morgan fingerprint density at radius 2 is 2.00 bits per heavy atom. The topological polar surface area (TPSA) is 70.0 Å². The van der Waals surface area contributed by atoms with E-state index in [1.165, 1.54) is 12.1 Å². The lowest BCUT2D eigenvalue weighted by Crippen LogP contribution is -2.25. The number of benzene rings is 1. The van der Waals surface area contributed by atoms with Crippen LogP contribution in [0.1, 0.15) is 31.2 Å². The maximum absolute atomic E-state index is 12.0. The highest BCUT2D eigenvalue weighted by Crippen LogP contribution is 2.27. The molecule has 0 aliphatic heterocycles. The fourth-order valence-corrected chi connectivity index (χ4v) is 3.91. The molecule has 0 heterocycles. The minimum Gasteiger partial charge on any atom is -0.283 e. The van der Waals surface area contributed by atoms with Crippen molar-refractivity contribution in [3.05, 3.63) is 28.8 Å². The summed E-state index contributed by atoms with van der Waals surface area (Å²) in [4.78, 5) is 0. The van der Waals surface area contributed by atoms with Crippen LogP contribution in [-0.2, 0) is 10.0 Å². The number of rotatable bonds is 3. The van der Waals surface area contributed by atoms with Gasteiger partial charge in [-0.1, -0.05) is 24.4 Å². The van der Waals surface area contributed by atoms with E-state index in [-0.39, 0.29) is 10.3 Å². The summed E-state index contributed by atoms with van der Waals surface area (Å²) in [5.74, 6) is 0. The Kier molecular flexibility index (Phi) is 3.79. The Morgan fingerprint density at radius 3 is 2.56 bits per heavy atom. The van der Waals surface area contributed by atoms with Crippen molar-refractivity contribution >= 4 is 27.3 Å². The van der Waals surface area contributed by atoms with Crippen molar-refractivity contribution in [1.82, 2.24) is 0 Å². The van der Waals surface area contributed by atoms with Crippen LogP contribution in [0.3, 0.4) is 0 Å². The Balaban J connectivity index is 2.19. The summed E-state index contributed by atoms with van der Waals surface area (Å²) in [7, 11) is -3.34. The van der Waals surface area contributed by atoms with Crippen LogP contribution in [0.5, 0.6) is 0 Å². The number of nitriles is 1. The fourth-order valence-electron chi connectivity index (χ4n) is 2.12. The van der Waals surface area contributed by atoms with Gasteiger partial charge in [0, 0.05) is 0 Å². The number of anilines is 1. The molecule has 0 unspecified atom stereocenters. The molecule has 0 aromatic heterocycles. The van der Waals surface area contributed by atoms with Gasteiger partial charge in [-0.3, -0.25) is 4.72 Å². The number of nitrogens with one attached hydrogen (secondary N) is 1. The smallest absolute Gasteiger partial charge is 0.235 e. The predicted molar refractivity (Wildman–Crippen MR) is 71.0 cm³/mol. The summed E-state index contributed by atoms with van der Waals surface area (Å²) in [5, 5.41) is 8.68. The molecule has 0 spiro atoms. The molecule has 18 heavy (non-hydrogen) atoms. The van der Waals surface area contributed by atoms with Crippen LogP contribution in [0.15, 0.2) is 18.2 Å². The Labute approximate surface area is 112 Å². The van der Waals surface area contributed by atoms with Gasteiger partial charge in [-0.15, -0.1) is 0 Å². The third-order valence-electron chi connectivity index (χ3n) is 3.09. The molecule has 96 valence electrons. The number of halogens is 1. The molecule has 0 atom stereocenters. The largest absolute Gasteiger partial charge is 0.283 e. The van der Waals surface area contributed by atoms with Crippen molar-refractivity contribution in [2.75, 3.05) is 4.72 Å². The lowest BCUT2D eigenvalue weighted by atomic mass is 10.2.